The van der Waals surface area contributed by atoms with Crippen LogP contribution in [0.3, 0.4) is 0 Å². The zero-order valence-corrected chi connectivity index (χ0v) is 11.5. The number of carbonyl (C=O) groups is 1. The van der Waals surface area contributed by atoms with Gasteiger partial charge in [0.15, 0.2) is 0 Å². The maximum atomic E-state index is 12.3. The van der Waals surface area contributed by atoms with E-state index in [9.17, 15) is 9.90 Å². The van der Waals surface area contributed by atoms with E-state index in [0.717, 1.165) is 25.7 Å². The summed E-state index contributed by atoms with van der Waals surface area (Å²) in [5, 5.41) is 12.8. The zero-order valence-electron chi connectivity index (χ0n) is 11.5. The molecule has 1 aliphatic carbocycles. The van der Waals surface area contributed by atoms with Gasteiger partial charge in [-0.25, -0.2) is 0 Å². The van der Waals surface area contributed by atoms with Crippen molar-refractivity contribution >= 4 is 5.91 Å². The molecule has 0 unspecified atom stereocenters. The fourth-order valence-electron chi connectivity index (χ4n) is 2.45. The van der Waals surface area contributed by atoms with Crippen LogP contribution in [-0.2, 0) is 0 Å². The van der Waals surface area contributed by atoms with Crippen molar-refractivity contribution < 1.29 is 14.6 Å². The molecule has 0 radical (unpaired) electrons. The Kier molecular flexibility index (Phi) is 5.18. The Hall–Kier alpha value is -1.81. The number of para-hydroxylation sites is 1. The molecule has 20 heavy (non-hydrogen) atoms. The van der Waals surface area contributed by atoms with Crippen molar-refractivity contribution in [1.29, 1.82) is 0 Å². The second kappa shape index (κ2) is 7.10. The lowest BCUT2D eigenvalue weighted by atomic mass is 9.92. The van der Waals surface area contributed by atoms with E-state index < -0.39 is 6.10 Å². The van der Waals surface area contributed by atoms with Crippen LogP contribution >= 0.6 is 0 Å². The lowest BCUT2D eigenvalue weighted by Gasteiger charge is -2.28. The first-order chi connectivity index (χ1) is 9.72. The van der Waals surface area contributed by atoms with E-state index in [4.69, 9.17) is 4.74 Å². The molecule has 1 aromatic rings. The van der Waals surface area contributed by atoms with Gasteiger partial charge in [-0.1, -0.05) is 37.6 Å². The van der Waals surface area contributed by atoms with Crippen LogP contribution in [0.4, 0.5) is 0 Å². The molecule has 1 fully saturated rings. The Labute approximate surface area is 119 Å². The van der Waals surface area contributed by atoms with Crippen molar-refractivity contribution in [3.05, 3.63) is 42.5 Å². The second-order valence-electron chi connectivity index (χ2n) is 5.03. The lowest BCUT2D eigenvalue weighted by Crippen LogP contribution is -2.45. The predicted molar refractivity (Wildman–Crippen MR) is 77.9 cm³/mol. The number of hydrogen-bond acceptors (Lipinski definition) is 3. The van der Waals surface area contributed by atoms with Crippen LogP contribution in [-0.4, -0.2) is 29.8 Å². The van der Waals surface area contributed by atoms with Crippen molar-refractivity contribution in [1.82, 2.24) is 5.32 Å². The Morgan fingerprint density at radius 1 is 1.40 bits per heavy atom. The number of carbonyl (C=O) groups excluding carboxylic acids is 1. The van der Waals surface area contributed by atoms with Gasteiger partial charge < -0.3 is 15.2 Å². The molecule has 1 amide bonds. The minimum absolute atomic E-state index is 0.163. The molecule has 0 bridgehead atoms. The van der Waals surface area contributed by atoms with Crippen molar-refractivity contribution in [2.24, 2.45) is 0 Å². The van der Waals surface area contributed by atoms with Crippen LogP contribution in [0.25, 0.3) is 0 Å². The van der Waals surface area contributed by atoms with E-state index in [1.807, 2.05) is 6.07 Å². The summed E-state index contributed by atoms with van der Waals surface area (Å²) in [7, 11) is 0. The standard InChI is InChI=1S/C16H21NO3/c1-2-11-20-15-10-6-3-7-12(15)16(19)17-13-8-4-5-9-14(13)18/h2-3,6-7,10,13-14,18H,1,4-5,8-9,11H2,(H,17,19)/t13-,14-/m1/s1. The lowest BCUT2D eigenvalue weighted by molar-refractivity contribution is 0.0715. The SMILES string of the molecule is C=CCOc1ccccc1C(=O)N[C@@H]1CCCC[C@H]1O. The summed E-state index contributed by atoms with van der Waals surface area (Å²) in [6.07, 6.45) is 4.82. The molecule has 0 aliphatic heterocycles. The van der Waals surface area contributed by atoms with Crippen molar-refractivity contribution in [2.75, 3.05) is 6.61 Å². The third kappa shape index (κ3) is 3.61. The molecule has 0 aromatic heterocycles. The molecule has 2 rings (SSSR count). The van der Waals surface area contributed by atoms with Crippen LogP contribution in [0.15, 0.2) is 36.9 Å². The molecule has 1 aromatic carbocycles. The Morgan fingerprint density at radius 3 is 2.90 bits per heavy atom. The van der Waals surface area contributed by atoms with Gasteiger partial charge in [0.05, 0.1) is 17.7 Å². The molecule has 0 saturated heterocycles. The molecule has 1 aliphatic rings. The van der Waals surface area contributed by atoms with Gasteiger partial charge in [0.2, 0.25) is 0 Å². The summed E-state index contributed by atoms with van der Waals surface area (Å²) >= 11 is 0. The molecular formula is C16H21NO3. The van der Waals surface area contributed by atoms with Crippen LogP contribution < -0.4 is 10.1 Å². The molecule has 1 saturated carbocycles. The number of rotatable bonds is 5. The van der Waals surface area contributed by atoms with Gasteiger partial charge >= 0.3 is 0 Å². The number of hydrogen-bond donors (Lipinski definition) is 2. The van der Waals surface area contributed by atoms with Gasteiger partial charge in [0.1, 0.15) is 12.4 Å². The molecule has 2 N–H and O–H groups in total. The summed E-state index contributed by atoms with van der Waals surface area (Å²) in [5.41, 5.74) is 0.493. The number of benzene rings is 1. The largest absolute Gasteiger partial charge is 0.489 e. The van der Waals surface area contributed by atoms with Gasteiger partial charge in [0.25, 0.3) is 5.91 Å². The quantitative estimate of drug-likeness (QED) is 0.811. The Balaban J connectivity index is 2.06. The van der Waals surface area contributed by atoms with E-state index in [-0.39, 0.29) is 11.9 Å². The summed E-state index contributed by atoms with van der Waals surface area (Å²) < 4.78 is 5.48. The highest BCUT2D eigenvalue weighted by Gasteiger charge is 2.25. The maximum absolute atomic E-state index is 12.3. The minimum atomic E-state index is -0.450. The Bertz CT molecular complexity index is 473. The zero-order chi connectivity index (χ0) is 14.4. The third-order valence-corrected chi connectivity index (χ3v) is 3.53. The van der Waals surface area contributed by atoms with E-state index >= 15 is 0 Å². The first-order valence-electron chi connectivity index (χ1n) is 7.04. The average molecular weight is 275 g/mol. The number of ether oxygens (including phenoxy) is 1. The van der Waals surface area contributed by atoms with Crippen molar-refractivity contribution in [2.45, 2.75) is 37.8 Å². The molecule has 4 nitrogen and oxygen atoms in total. The number of aliphatic hydroxyl groups excluding tert-OH is 1. The molecule has 4 heteroatoms. The van der Waals surface area contributed by atoms with Crippen molar-refractivity contribution in [3.8, 4) is 5.75 Å². The van der Waals surface area contributed by atoms with E-state index in [2.05, 4.69) is 11.9 Å². The van der Waals surface area contributed by atoms with Crippen LogP contribution in [0, 0.1) is 0 Å². The molecule has 2 atom stereocenters. The van der Waals surface area contributed by atoms with Crippen molar-refractivity contribution in [3.63, 3.8) is 0 Å². The fourth-order valence-corrected chi connectivity index (χ4v) is 2.45. The monoisotopic (exact) mass is 275 g/mol. The van der Waals surface area contributed by atoms with E-state index in [0.29, 0.717) is 17.9 Å². The molecule has 108 valence electrons. The molecule has 0 spiro atoms. The fraction of sp³-hybridized carbons (Fsp3) is 0.438. The Morgan fingerprint density at radius 2 is 2.15 bits per heavy atom. The maximum Gasteiger partial charge on any atom is 0.255 e. The smallest absolute Gasteiger partial charge is 0.255 e. The molecular weight excluding hydrogens is 254 g/mol. The van der Waals surface area contributed by atoms with Gasteiger partial charge in [-0.3, -0.25) is 4.79 Å². The van der Waals surface area contributed by atoms with E-state index in [1.54, 1.807) is 24.3 Å². The van der Waals surface area contributed by atoms with Gasteiger partial charge in [-0.15, -0.1) is 0 Å². The normalized spacial score (nSPS) is 22.1. The minimum Gasteiger partial charge on any atom is -0.489 e. The highest BCUT2D eigenvalue weighted by Crippen LogP contribution is 2.21. The van der Waals surface area contributed by atoms with Crippen LogP contribution in [0.1, 0.15) is 36.0 Å². The first-order valence-corrected chi connectivity index (χ1v) is 7.04. The highest BCUT2D eigenvalue weighted by atomic mass is 16.5. The second-order valence-corrected chi connectivity index (χ2v) is 5.03. The number of amides is 1. The molecule has 0 heterocycles. The number of nitrogens with one attached hydrogen (secondary N) is 1. The first kappa shape index (κ1) is 14.6. The third-order valence-electron chi connectivity index (χ3n) is 3.53. The summed E-state index contributed by atoms with van der Waals surface area (Å²) in [6, 6.07) is 6.94. The van der Waals surface area contributed by atoms with Crippen LogP contribution in [0.5, 0.6) is 5.75 Å². The van der Waals surface area contributed by atoms with Crippen LogP contribution in [0.2, 0.25) is 0 Å². The number of aliphatic hydroxyl groups is 1. The topological polar surface area (TPSA) is 58.6 Å². The van der Waals surface area contributed by atoms with Gasteiger partial charge in [-0.2, -0.15) is 0 Å². The van der Waals surface area contributed by atoms with Gasteiger partial charge in [-0.05, 0) is 25.0 Å². The summed E-state index contributed by atoms with van der Waals surface area (Å²) in [5.74, 6) is 0.339. The highest BCUT2D eigenvalue weighted by molar-refractivity contribution is 5.97. The van der Waals surface area contributed by atoms with E-state index in [1.165, 1.54) is 0 Å². The predicted octanol–water partition coefficient (Wildman–Crippen LogP) is 2.28. The summed E-state index contributed by atoms with van der Waals surface area (Å²) in [4.78, 5) is 12.3. The van der Waals surface area contributed by atoms with Gasteiger partial charge in [0, 0.05) is 0 Å². The summed E-state index contributed by atoms with van der Waals surface area (Å²) in [6.45, 7) is 3.95. The average Bonchev–Trinajstić information content (AvgIpc) is 2.47.